The Morgan fingerprint density at radius 1 is 0.903 bits per heavy atom. The fraction of sp³-hybridized carbons (Fsp3) is 0.300. The van der Waals surface area contributed by atoms with E-state index in [1.165, 1.54) is 53.6 Å². The smallest absolute Gasteiger partial charge is 0.258 e. The number of benzene rings is 2. The number of rotatable bonds is 9. The number of ketones is 1. The predicted molar refractivity (Wildman–Crippen MR) is 117 cm³/mol. The van der Waals surface area contributed by atoms with Gasteiger partial charge in [0.2, 0.25) is 6.04 Å². The number of hydrogen-bond acceptors (Lipinski definition) is 8. The maximum absolute atomic E-state index is 12.7. The van der Waals surface area contributed by atoms with Crippen molar-refractivity contribution in [2.45, 2.75) is 13.0 Å². The van der Waals surface area contributed by atoms with Crippen molar-refractivity contribution in [2.24, 2.45) is 10.2 Å². The number of anilines is 1. The van der Waals surface area contributed by atoms with Gasteiger partial charge in [-0.1, -0.05) is 23.2 Å². The summed E-state index contributed by atoms with van der Waals surface area (Å²) in [7, 11) is 5.73. The van der Waals surface area contributed by atoms with Gasteiger partial charge in [-0.2, -0.15) is 10.2 Å². The minimum absolute atomic E-state index is 0.113. The zero-order valence-corrected chi connectivity index (χ0v) is 19.0. The summed E-state index contributed by atoms with van der Waals surface area (Å²) in [5.74, 6) is -0.0157. The van der Waals surface area contributed by atoms with Crippen LogP contribution in [0.25, 0.3) is 0 Å². The molecule has 0 aliphatic carbocycles. The third-order valence-corrected chi connectivity index (χ3v) is 4.84. The van der Waals surface area contributed by atoms with E-state index < -0.39 is 17.7 Å². The van der Waals surface area contributed by atoms with E-state index in [0.29, 0.717) is 17.2 Å². The molecule has 9 nitrogen and oxygen atoms in total. The van der Waals surface area contributed by atoms with Gasteiger partial charge in [-0.25, -0.2) is 0 Å². The van der Waals surface area contributed by atoms with Gasteiger partial charge in [0.25, 0.3) is 5.91 Å². The normalized spacial score (nSPS) is 11.7. The summed E-state index contributed by atoms with van der Waals surface area (Å²) in [4.78, 5) is 24.7. The van der Waals surface area contributed by atoms with Gasteiger partial charge < -0.3 is 24.3 Å². The third kappa shape index (κ3) is 5.56. The number of ether oxygens (including phenoxy) is 4. The summed E-state index contributed by atoms with van der Waals surface area (Å²) in [5, 5.41) is 10.8. The zero-order valence-electron chi connectivity index (χ0n) is 17.5. The lowest BCUT2D eigenvalue weighted by atomic mass is 10.2. The summed E-state index contributed by atoms with van der Waals surface area (Å²) in [6.45, 7) is 1.22. The van der Waals surface area contributed by atoms with Crippen LogP contribution in [-0.4, -0.2) is 46.2 Å². The predicted octanol–water partition coefficient (Wildman–Crippen LogP) is 4.71. The molecule has 0 heterocycles. The van der Waals surface area contributed by atoms with E-state index in [-0.39, 0.29) is 27.2 Å². The molecular weight excluding hydrogens is 449 g/mol. The second kappa shape index (κ2) is 10.8. The molecule has 1 atom stereocenters. The molecule has 1 N–H and O–H groups in total. The van der Waals surface area contributed by atoms with Crippen molar-refractivity contribution in [3.05, 3.63) is 34.3 Å². The van der Waals surface area contributed by atoms with Crippen LogP contribution in [0.3, 0.4) is 0 Å². The third-order valence-electron chi connectivity index (χ3n) is 4.10. The number of hydrogen-bond donors (Lipinski definition) is 1. The molecule has 1 amide bonds. The monoisotopic (exact) mass is 469 g/mol. The number of carbonyl (C=O) groups excluding carboxylic acids is 2. The molecule has 166 valence electrons. The number of methoxy groups -OCH3 is 4. The highest BCUT2D eigenvalue weighted by molar-refractivity contribution is 6.35. The summed E-state index contributed by atoms with van der Waals surface area (Å²) in [6, 6.07) is 4.65. The maximum Gasteiger partial charge on any atom is 0.258 e. The number of Topliss-reactive ketones (excluding diaryl/α,β-unsaturated/α-hetero) is 1. The molecule has 0 fully saturated rings. The lowest BCUT2D eigenvalue weighted by molar-refractivity contribution is -0.126. The second-order valence-electron chi connectivity index (χ2n) is 6.04. The quantitative estimate of drug-likeness (QED) is 0.420. The van der Waals surface area contributed by atoms with Gasteiger partial charge in [0.15, 0.2) is 17.3 Å². The lowest BCUT2D eigenvalue weighted by Crippen LogP contribution is -2.31. The van der Waals surface area contributed by atoms with Gasteiger partial charge in [-0.3, -0.25) is 9.59 Å². The van der Waals surface area contributed by atoms with Crippen LogP contribution in [0.15, 0.2) is 34.5 Å². The summed E-state index contributed by atoms with van der Waals surface area (Å²) in [6.07, 6.45) is 0. The standard InChI is InChI=1S/C20H21Cl2N3O6/c1-10(26)18(25-24-11-8-14(29-3)17(22)15(9-11)30-4)20(27)23-12-6-7-13(28-2)19(31-5)16(12)21/h6-9,18H,1-5H3,(H,23,27). The molecular formula is C20H21Cl2N3O6. The van der Waals surface area contributed by atoms with Gasteiger partial charge in [-0.05, 0) is 19.1 Å². The number of carbonyl (C=O) groups is 2. The summed E-state index contributed by atoms with van der Waals surface area (Å²) in [5.41, 5.74) is 0.502. The molecule has 1 unspecified atom stereocenters. The number of nitrogens with one attached hydrogen (secondary N) is 1. The van der Waals surface area contributed by atoms with Crippen LogP contribution < -0.4 is 24.3 Å². The van der Waals surface area contributed by atoms with Gasteiger partial charge in [0.1, 0.15) is 21.5 Å². The Balaban J connectivity index is 2.31. The van der Waals surface area contributed by atoms with Crippen molar-refractivity contribution in [1.82, 2.24) is 0 Å². The van der Waals surface area contributed by atoms with Crippen LogP contribution in [0.4, 0.5) is 11.4 Å². The molecule has 2 rings (SSSR count). The van der Waals surface area contributed by atoms with Gasteiger partial charge in [-0.15, -0.1) is 0 Å². The van der Waals surface area contributed by atoms with Crippen LogP contribution in [0.2, 0.25) is 10.0 Å². The van der Waals surface area contributed by atoms with E-state index in [0.717, 1.165) is 0 Å². The number of azo groups is 1. The molecule has 31 heavy (non-hydrogen) atoms. The maximum atomic E-state index is 12.7. The van der Waals surface area contributed by atoms with Gasteiger partial charge >= 0.3 is 0 Å². The van der Waals surface area contributed by atoms with Crippen LogP contribution in [0.5, 0.6) is 23.0 Å². The van der Waals surface area contributed by atoms with Gasteiger partial charge in [0, 0.05) is 12.1 Å². The van der Waals surface area contributed by atoms with Crippen LogP contribution in [0, 0.1) is 0 Å². The Labute approximate surface area is 189 Å². The van der Waals surface area contributed by atoms with E-state index in [4.69, 9.17) is 42.1 Å². The minimum atomic E-state index is -1.42. The van der Waals surface area contributed by atoms with E-state index in [1.807, 2.05) is 0 Å². The second-order valence-corrected chi connectivity index (χ2v) is 6.80. The highest BCUT2D eigenvalue weighted by Crippen LogP contribution is 2.40. The van der Waals surface area contributed by atoms with E-state index in [1.54, 1.807) is 6.07 Å². The van der Waals surface area contributed by atoms with E-state index in [2.05, 4.69) is 15.5 Å². The van der Waals surface area contributed by atoms with Crippen molar-refractivity contribution < 1.29 is 28.5 Å². The molecule has 0 aliphatic heterocycles. The first-order valence-corrected chi connectivity index (χ1v) is 9.57. The van der Waals surface area contributed by atoms with Crippen LogP contribution >= 0.6 is 23.2 Å². The number of halogens is 2. The molecule has 0 spiro atoms. The molecule has 0 saturated carbocycles. The van der Waals surface area contributed by atoms with Crippen LogP contribution in [-0.2, 0) is 9.59 Å². The summed E-state index contributed by atoms with van der Waals surface area (Å²) >= 11 is 12.4. The first-order valence-electron chi connectivity index (χ1n) is 8.81. The zero-order chi connectivity index (χ0) is 23.1. The SMILES string of the molecule is COc1cc(N=NC(C(C)=O)C(=O)Nc2ccc(OC)c(OC)c2Cl)cc(OC)c1Cl. The molecule has 0 aromatic heterocycles. The average molecular weight is 470 g/mol. The van der Waals surface area contributed by atoms with Crippen LogP contribution in [0.1, 0.15) is 6.92 Å². The van der Waals surface area contributed by atoms with Crippen molar-refractivity contribution in [2.75, 3.05) is 33.8 Å². The largest absolute Gasteiger partial charge is 0.495 e. The Bertz CT molecular complexity index is 988. The number of amides is 1. The summed E-state index contributed by atoms with van der Waals surface area (Å²) < 4.78 is 20.7. The Kier molecular flexibility index (Phi) is 8.47. The topological polar surface area (TPSA) is 108 Å². The first-order chi connectivity index (χ1) is 14.8. The number of nitrogens with zero attached hydrogens (tertiary/aromatic N) is 2. The minimum Gasteiger partial charge on any atom is -0.495 e. The van der Waals surface area contributed by atoms with Gasteiger partial charge in [0.05, 0.1) is 39.8 Å². The first kappa shape index (κ1) is 24.2. The Morgan fingerprint density at radius 3 is 1.97 bits per heavy atom. The average Bonchev–Trinajstić information content (AvgIpc) is 2.75. The van der Waals surface area contributed by atoms with Crippen molar-refractivity contribution in [3.63, 3.8) is 0 Å². The van der Waals surface area contributed by atoms with E-state index in [9.17, 15) is 9.59 Å². The molecule has 0 radical (unpaired) electrons. The Hall–Kier alpha value is -3.04. The van der Waals surface area contributed by atoms with Crippen molar-refractivity contribution >= 4 is 46.3 Å². The lowest BCUT2D eigenvalue weighted by Gasteiger charge is -2.15. The molecule has 0 aliphatic rings. The highest BCUT2D eigenvalue weighted by atomic mass is 35.5. The highest BCUT2D eigenvalue weighted by Gasteiger charge is 2.25. The van der Waals surface area contributed by atoms with Crippen molar-refractivity contribution in [3.8, 4) is 23.0 Å². The van der Waals surface area contributed by atoms with Crippen molar-refractivity contribution in [1.29, 1.82) is 0 Å². The molecule has 2 aromatic carbocycles. The fourth-order valence-corrected chi connectivity index (χ4v) is 3.09. The molecule has 2 aromatic rings. The van der Waals surface area contributed by atoms with E-state index >= 15 is 0 Å². The Morgan fingerprint density at radius 2 is 1.48 bits per heavy atom. The molecule has 0 saturated heterocycles. The molecule has 0 bridgehead atoms. The molecule has 11 heteroatoms. The fourth-order valence-electron chi connectivity index (χ4n) is 2.54.